The van der Waals surface area contributed by atoms with Crippen LogP contribution in [0, 0.1) is 6.92 Å². The van der Waals surface area contributed by atoms with Gasteiger partial charge in [0.2, 0.25) is 5.91 Å². The summed E-state index contributed by atoms with van der Waals surface area (Å²) in [5.74, 6) is -2.18. The molecule has 17 heteroatoms. The number of carboxylic acids is 1. The van der Waals surface area contributed by atoms with Crippen molar-refractivity contribution in [2.75, 3.05) is 51.3 Å². The number of ether oxygens (including phenoxy) is 2. The van der Waals surface area contributed by atoms with Gasteiger partial charge in [-0.05, 0) is 78.7 Å². The molecule has 0 atom stereocenters. The van der Waals surface area contributed by atoms with Crippen molar-refractivity contribution in [3.05, 3.63) is 87.3 Å². The number of thiocarbonyl (C=S) groups is 1. The third-order valence-electron chi connectivity index (χ3n) is 8.06. The molecule has 0 aliphatic carbocycles. The number of aryl methyl sites for hydroxylation is 1. The van der Waals surface area contributed by atoms with Crippen molar-refractivity contribution in [2.24, 2.45) is 0 Å². The first-order valence-corrected chi connectivity index (χ1v) is 17.0. The normalized spacial score (nSPS) is 16.4. The number of alkyl halides is 6. The molecule has 2 aliphatic heterocycles. The van der Waals surface area contributed by atoms with Gasteiger partial charge in [-0.3, -0.25) is 19.4 Å². The molecule has 3 aromatic rings. The number of amides is 2. The van der Waals surface area contributed by atoms with E-state index in [0.29, 0.717) is 56.2 Å². The fraction of sp³-hybridized carbons (Fsp3) is 0.314. The molecular formula is C35H31F6N3O6S2. The number of rotatable bonds is 11. The summed E-state index contributed by atoms with van der Waals surface area (Å²) in [6.07, 6.45) is -8.89. The Morgan fingerprint density at radius 1 is 0.981 bits per heavy atom. The van der Waals surface area contributed by atoms with E-state index in [1.165, 1.54) is 41.3 Å². The van der Waals surface area contributed by atoms with Gasteiger partial charge in [-0.15, -0.1) is 0 Å². The highest BCUT2D eigenvalue weighted by Crippen LogP contribution is 2.43. The van der Waals surface area contributed by atoms with Crippen LogP contribution in [0.25, 0.3) is 17.2 Å². The van der Waals surface area contributed by atoms with Gasteiger partial charge < -0.3 is 19.9 Å². The number of carbonyl (C=O) groups excluding carboxylic acids is 2. The number of halogens is 6. The zero-order valence-electron chi connectivity index (χ0n) is 27.4. The second kappa shape index (κ2) is 16.1. The minimum Gasteiger partial charge on any atom is -0.491 e. The number of nitrogens with one attached hydrogen (secondary N) is 1. The number of thioether (sulfide) groups is 1. The highest BCUT2D eigenvalue weighted by Gasteiger charge is 2.38. The maximum Gasteiger partial charge on any atom is 0.416 e. The summed E-state index contributed by atoms with van der Waals surface area (Å²) in [7, 11) is 0. The van der Waals surface area contributed by atoms with E-state index >= 15 is 0 Å². The third kappa shape index (κ3) is 9.70. The number of carboxylic acid groups (broad SMARTS) is 1. The third-order valence-corrected chi connectivity index (χ3v) is 9.43. The van der Waals surface area contributed by atoms with Gasteiger partial charge in [0.1, 0.15) is 16.7 Å². The Morgan fingerprint density at radius 3 is 2.21 bits per heavy atom. The molecule has 0 aromatic heterocycles. The van der Waals surface area contributed by atoms with E-state index in [2.05, 4.69) is 5.32 Å². The van der Waals surface area contributed by atoms with Crippen molar-refractivity contribution >= 4 is 57.8 Å². The lowest BCUT2D eigenvalue weighted by atomic mass is 9.94. The molecule has 0 unspecified atom stereocenters. The molecule has 2 N–H and O–H groups in total. The molecule has 0 saturated carbocycles. The van der Waals surface area contributed by atoms with E-state index in [-0.39, 0.29) is 62.9 Å². The molecule has 5 rings (SSSR count). The number of hydrogen-bond donors (Lipinski definition) is 2. The first kappa shape index (κ1) is 38.8. The largest absolute Gasteiger partial charge is 0.491 e. The van der Waals surface area contributed by atoms with Crippen LogP contribution >= 0.6 is 24.0 Å². The van der Waals surface area contributed by atoms with E-state index in [1.807, 2.05) is 4.90 Å². The molecule has 2 saturated heterocycles. The molecule has 52 heavy (non-hydrogen) atoms. The van der Waals surface area contributed by atoms with Gasteiger partial charge in [0.25, 0.3) is 5.91 Å². The maximum absolute atomic E-state index is 13.8. The zero-order valence-corrected chi connectivity index (χ0v) is 29.0. The van der Waals surface area contributed by atoms with Crippen LogP contribution in [0.2, 0.25) is 0 Å². The Labute approximate surface area is 303 Å². The van der Waals surface area contributed by atoms with E-state index in [4.69, 9.17) is 26.8 Å². The molecule has 0 spiro atoms. The zero-order chi connectivity index (χ0) is 37.8. The molecule has 2 aliphatic rings. The summed E-state index contributed by atoms with van der Waals surface area (Å²) < 4.78 is 94.7. The second-order valence-corrected chi connectivity index (χ2v) is 13.5. The van der Waals surface area contributed by atoms with Crippen LogP contribution in [-0.4, -0.2) is 83.0 Å². The SMILES string of the molecule is Cc1cc(/C=C2\SC(=S)N(CCC(=O)Nc3ccc(C(=O)O)cc3)C2=O)c(OCCN2CCOCC2)c(-c2cc(C(F)(F)F)cc(C(F)(F)F)c2)c1. The van der Waals surface area contributed by atoms with Crippen LogP contribution in [0.5, 0.6) is 5.75 Å². The second-order valence-electron chi connectivity index (χ2n) is 11.8. The van der Waals surface area contributed by atoms with E-state index in [0.717, 1.165) is 11.8 Å². The fourth-order valence-electron chi connectivity index (χ4n) is 5.46. The Balaban J connectivity index is 1.44. The van der Waals surface area contributed by atoms with Crippen LogP contribution < -0.4 is 10.1 Å². The topological polar surface area (TPSA) is 108 Å². The van der Waals surface area contributed by atoms with Crippen molar-refractivity contribution in [3.8, 4) is 16.9 Å². The van der Waals surface area contributed by atoms with E-state index in [1.54, 1.807) is 13.0 Å². The molecule has 0 bridgehead atoms. The smallest absolute Gasteiger partial charge is 0.416 e. The van der Waals surface area contributed by atoms with Crippen molar-refractivity contribution in [1.82, 2.24) is 9.80 Å². The summed E-state index contributed by atoms with van der Waals surface area (Å²) in [5, 5.41) is 11.7. The number of nitrogens with zero attached hydrogens (tertiary/aromatic N) is 2. The number of carbonyl (C=O) groups is 3. The average molecular weight is 768 g/mol. The monoisotopic (exact) mass is 767 g/mol. The number of benzene rings is 3. The van der Waals surface area contributed by atoms with Crippen molar-refractivity contribution in [1.29, 1.82) is 0 Å². The van der Waals surface area contributed by atoms with Gasteiger partial charge in [-0.1, -0.05) is 24.0 Å². The Morgan fingerprint density at radius 2 is 1.62 bits per heavy atom. The average Bonchev–Trinajstić information content (AvgIpc) is 3.35. The van der Waals surface area contributed by atoms with Gasteiger partial charge in [-0.25, -0.2) is 4.79 Å². The van der Waals surface area contributed by atoms with Gasteiger partial charge in [0.15, 0.2) is 0 Å². The molecule has 3 aromatic carbocycles. The first-order valence-electron chi connectivity index (χ1n) is 15.8. The Hall–Kier alpha value is -4.45. The van der Waals surface area contributed by atoms with Crippen LogP contribution in [0.4, 0.5) is 32.0 Å². The molecule has 2 heterocycles. The van der Waals surface area contributed by atoms with Gasteiger partial charge >= 0.3 is 18.3 Å². The standard InChI is InChI=1S/C35H31F6N3O6S2/c1-20-14-23(18-28-31(46)44(33(51)52-28)7-6-29(45)42-26-4-2-21(3-5-26)32(47)48)30(50-13-10-43-8-11-49-12-9-43)27(15-20)22-16-24(34(36,37)38)19-25(17-22)35(39,40)41/h2-5,14-19H,6-13H2,1H3,(H,42,45)(H,47,48)/b28-18-. The van der Waals surface area contributed by atoms with Crippen molar-refractivity contribution in [3.63, 3.8) is 0 Å². The molecule has 276 valence electrons. The van der Waals surface area contributed by atoms with Crippen LogP contribution in [0.1, 0.15) is 39.0 Å². The summed E-state index contributed by atoms with van der Waals surface area (Å²) in [6.45, 7) is 4.12. The van der Waals surface area contributed by atoms with Crippen LogP contribution in [0.15, 0.2) is 59.5 Å². The summed E-state index contributed by atoms with van der Waals surface area (Å²) in [5.41, 5.74) is -2.30. The van der Waals surface area contributed by atoms with Gasteiger partial charge in [0.05, 0.1) is 34.8 Å². The highest BCUT2D eigenvalue weighted by molar-refractivity contribution is 8.26. The lowest BCUT2D eigenvalue weighted by Crippen LogP contribution is -2.38. The Kier molecular flexibility index (Phi) is 12.0. The molecule has 2 amide bonds. The molecule has 0 radical (unpaired) electrons. The fourth-order valence-corrected chi connectivity index (χ4v) is 6.76. The minimum atomic E-state index is -5.07. The number of aromatic carboxylic acids is 1. The van der Waals surface area contributed by atoms with Crippen molar-refractivity contribution in [2.45, 2.75) is 25.7 Å². The van der Waals surface area contributed by atoms with Gasteiger partial charge in [-0.2, -0.15) is 26.3 Å². The van der Waals surface area contributed by atoms with E-state index in [9.17, 15) is 40.7 Å². The van der Waals surface area contributed by atoms with E-state index < -0.39 is 41.3 Å². The molecule has 9 nitrogen and oxygen atoms in total. The van der Waals surface area contributed by atoms with Gasteiger partial charge in [0, 0.05) is 49.4 Å². The molecule has 2 fully saturated rings. The predicted octanol–water partition coefficient (Wildman–Crippen LogP) is 7.34. The minimum absolute atomic E-state index is 0.0233. The number of morpholine rings is 1. The lowest BCUT2D eigenvalue weighted by molar-refractivity contribution is -0.143. The van der Waals surface area contributed by atoms with Crippen molar-refractivity contribution < 1.29 is 55.3 Å². The lowest BCUT2D eigenvalue weighted by Gasteiger charge is -2.27. The number of anilines is 1. The summed E-state index contributed by atoms with van der Waals surface area (Å²) in [6, 6.07) is 9.83. The Bertz CT molecular complexity index is 1860. The first-order chi connectivity index (χ1) is 24.5. The van der Waals surface area contributed by atoms with Crippen LogP contribution in [0.3, 0.4) is 0 Å². The maximum atomic E-state index is 13.8. The van der Waals surface area contributed by atoms with Crippen LogP contribution in [-0.2, 0) is 26.7 Å². The highest BCUT2D eigenvalue weighted by atomic mass is 32.2. The predicted molar refractivity (Wildman–Crippen MR) is 186 cm³/mol. The quantitative estimate of drug-likeness (QED) is 0.118. The summed E-state index contributed by atoms with van der Waals surface area (Å²) in [4.78, 5) is 40.6. The number of hydrogen-bond acceptors (Lipinski definition) is 8. The summed E-state index contributed by atoms with van der Waals surface area (Å²) >= 11 is 6.33. The molecular weight excluding hydrogens is 737 g/mol.